The minimum absolute atomic E-state index is 0. The molecule has 2 saturated carbocycles. The number of amides is 1. The second kappa shape index (κ2) is 12.6. The molecule has 7 nitrogen and oxygen atoms in total. The molecule has 2 aliphatic carbocycles. The van der Waals surface area contributed by atoms with Crippen LogP contribution in [0.15, 0.2) is 0 Å². The maximum Gasteiger partial charge on any atom is 1.00 e. The molecule has 3 fully saturated rings. The van der Waals surface area contributed by atoms with Crippen molar-refractivity contribution in [1.82, 2.24) is 4.90 Å². The average molecular weight is 419 g/mol. The van der Waals surface area contributed by atoms with E-state index in [-0.39, 0.29) is 60.3 Å². The molecule has 29 heavy (non-hydrogen) atoms. The molecule has 0 spiro atoms. The molecule has 3 aliphatic rings. The Morgan fingerprint density at radius 3 is 2.62 bits per heavy atom. The first-order chi connectivity index (χ1) is 13.6. The summed E-state index contributed by atoms with van der Waals surface area (Å²) in [5.41, 5.74) is 0. The van der Waals surface area contributed by atoms with Crippen LogP contribution < -0.4 is 34.7 Å². The Bertz CT molecular complexity index is 525. The fraction of sp³-hybridized carbons (Fsp3) is 0.905. The van der Waals surface area contributed by atoms with E-state index in [4.69, 9.17) is 14.2 Å². The van der Waals surface area contributed by atoms with Crippen molar-refractivity contribution in [2.24, 2.45) is 5.92 Å². The number of hydrogen-bond donors (Lipinski definition) is 0. The summed E-state index contributed by atoms with van der Waals surface area (Å²) in [6.45, 7) is 3.59. The van der Waals surface area contributed by atoms with Crippen LogP contribution >= 0.6 is 0 Å². The van der Waals surface area contributed by atoms with Gasteiger partial charge >= 0.3 is 29.6 Å². The second-order valence-electron chi connectivity index (χ2n) is 8.30. The molecular formula is C21H34NNaO6. The summed E-state index contributed by atoms with van der Waals surface area (Å²) < 4.78 is 17.1. The summed E-state index contributed by atoms with van der Waals surface area (Å²) in [6.07, 6.45) is 8.29. The number of aliphatic carboxylic acids is 1. The van der Waals surface area contributed by atoms with Crippen molar-refractivity contribution >= 4 is 11.9 Å². The molecule has 8 heteroatoms. The predicted molar refractivity (Wildman–Crippen MR) is 100 cm³/mol. The number of hydrogen-bond acceptors (Lipinski definition) is 6. The fourth-order valence-electron chi connectivity index (χ4n) is 4.95. The predicted octanol–water partition coefficient (Wildman–Crippen LogP) is -1.72. The second-order valence-corrected chi connectivity index (χ2v) is 8.30. The van der Waals surface area contributed by atoms with Crippen molar-refractivity contribution in [3.63, 3.8) is 0 Å². The van der Waals surface area contributed by atoms with Gasteiger partial charge in [0.15, 0.2) is 0 Å². The van der Waals surface area contributed by atoms with Gasteiger partial charge in [-0.1, -0.05) is 12.8 Å². The van der Waals surface area contributed by atoms with Gasteiger partial charge in [-0.05, 0) is 57.8 Å². The van der Waals surface area contributed by atoms with E-state index in [1.54, 1.807) is 6.92 Å². The van der Waals surface area contributed by atoms with Crippen LogP contribution in [0, 0.1) is 5.92 Å². The normalized spacial score (nSPS) is 30.9. The molecule has 1 saturated heterocycles. The summed E-state index contributed by atoms with van der Waals surface area (Å²) in [4.78, 5) is 25.4. The van der Waals surface area contributed by atoms with E-state index in [0.29, 0.717) is 32.1 Å². The molecule has 160 valence electrons. The maximum absolute atomic E-state index is 12.3. The van der Waals surface area contributed by atoms with E-state index >= 15 is 0 Å². The van der Waals surface area contributed by atoms with E-state index in [1.807, 2.05) is 4.90 Å². The van der Waals surface area contributed by atoms with Crippen LogP contribution in [0.1, 0.15) is 64.7 Å². The molecule has 0 aromatic heterocycles. The Morgan fingerprint density at radius 2 is 1.93 bits per heavy atom. The van der Waals surface area contributed by atoms with Gasteiger partial charge in [0.1, 0.15) is 6.61 Å². The van der Waals surface area contributed by atoms with Crippen molar-refractivity contribution < 1.29 is 58.5 Å². The average Bonchev–Trinajstić information content (AvgIpc) is 2.70. The van der Waals surface area contributed by atoms with E-state index in [2.05, 4.69) is 0 Å². The molecule has 3 unspecified atom stereocenters. The van der Waals surface area contributed by atoms with Crippen molar-refractivity contribution in [3.8, 4) is 0 Å². The van der Waals surface area contributed by atoms with Gasteiger partial charge in [-0.25, -0.2) is 0 Å². The Hall–Kier alpha value is -0.180. The van der Waals surface area contributed by atoms with E-state index < -0.39 is 12.1 Å². The van der Waals surface area contributed by atoms with Gasteiger partial charge < -0.3 is 29.0 Å². The topological polar surface area (TPSA) is 88.1 Å². The zero-order chi connectivity index (χ0) is 19.9. The van der Waals surface area contributed by atoms with Crippen LogP contribution in [0.3, 0.4) is 0 Å². The minimum Gasteiger partial charge on any atom is -0.547 e. The van der Waals surface area contributed by atoms with Gasteiger partial charge in [-0.3, -0.25) is 4.79 Å². The Morgan fingerprint density at radius 1 is 1.21 bits per heavy atom. The standard InChI is InChI=1S/C21H35NO6.Na/c1-2-26-19(21(24)25)13-15-7-9-16(10-8-15)27-12-11-22-17-5-3-4-6-18(17)28-14-20(22)23;/h15-19H,2-14H2,1H3,(H,24,25);/q;+1/p-1. The summed E-state index contributed by atoms with van der Waals surface area (Å²) >= 11 is 0. The molecular weight excluding hydrogens is 385 g/mol. The number of carboxylic acids is 1. The monoisotopic (exact) mass is 419 g/mol. The molecule has 0 aromatic carbocycles. The number of morpholine rings is 1. The summed E-state index contributed by atoms with van der Waals surface area (Å²) in [5, 5.41) is 11.1. The van der Waals surface area contributed by atoms with Crippen molar-refractivity contribution in [3.05, 3.63) is 0 Å². The minimum atomic E-state index is -1.11. The first-order valence-corrected chi connectivity index (χ1v) is 10.9. The van der Waals surface area contributed by atoms with Crippen LogP contribution in [0.2, 0.25) is 0 Å². The first-order valence-electron chi connectivity index (χ1n) is 10.9. The van der Waals surface area contributed by atoms with E-state index in [9.17, 15) is 14.7 Å². The quantitative estimate of drug-likeness (QED) is 0.413. The third-order valence-corrected chi connectivity index (χ3v) is 6.47. The Balaban J connectivity index is 0.00000300. The zero-order valence-corrected chi connectivity index (χ0v) is 20.0. The SMILES string of the molecule is CCOC(CC1CCC(OCCN2C(=O)COC3CCCCC32)CC1)C(=O)[O-].[Na+]. The number of fused-ring (bicyclic) bond motifs is 1. The largest absolute Gasteiger partial charge is 1.00 e. The molecule has 1 heterocycles. The summed E-state index contributed by atoms with van der Waals surface area (Å²) in [7, 11) is 0. The van der Waals surface area contributed by atoms with Crippen LogP contribution in [-0.2, 0) is 23.8 Å². The molecule has 1 amide bonds. The molecule has 0 radical (unpaired) electrons. The molecule has 0 bridgehead atoms. The van der Waals surface area contributed by atoms with Gasteiger partial charge in [0.25, 0.3) is 0 Å². The smallest absolute Gasteiger partial charge is 0.547 e. The molecule has 0 N–H and O–H groups in total. The van der Waals surface area contributed by atoms with Crippen molar-refractivity contribution in [2.75, 3.05) is 26.4 Å². The van der Waals surface area contributed by atoms with E-state index in [0.717, 1.165) is 44.9 Å². The van der Waals surface area contributed by atoms with Crippen LogP contribution in [0.25, 0.3) is 0 Å². The summed E-state index contributed by atoms with van der Waals surface area (Å²) in [5.74, 6) is -0.686. The van der Waals surface area contributed by atoms with Crippen LogP contribution in [0.4, 0.5) is 0 Å². The molecule has 0 aromatic rings. The zero-order valence-electron chi connectivity index (χ0n) is 18.0. The van der Waals surface area contributed by atoms with Gasteiger partial charge in [-0.2, -0.15) is 0 Å². The fourth-order valence-corrected chi connectivity index (χ4v) is 4.95. The third kappa shape index (κ3) is 7.18. The summed E-state index contributed by atoms with van der Waals surface area (Å²) in [6, 6.07) is 0.217. The van der Waals surface area contributed by atoms with Crippen molar-refractivity contribution in [2.45, 2.75) is 89.1 Å². The molecule has 1 aliphatic heterocycles. The number of nitrogens with zero attached hydrogens (tertiary/aromatic N) is 1. The van der Waals surface area contributed by atoms with Crippen LogP contribution in [0.5, 0.6) is 0 Å². The Labute approximate surface area is 196 Å². The number of carbonyl (C=O) groups is 2. The van der Waals surface area contributed by atoms with Gasteiger partial charge in [0, 0.05) is 13.2 Å². The van der Waals surface area contributed by atoms with Crippen LogP contribution in [-0.4, -0.2) is 67.5 Å². The third-order valence-electron chi connectivity index (χ3n) is 6.47. The van der Waals surface area contributed by atoms with Crippen molar-refractivity contribution in [1.29, 1.82) is 0 Å². The number of carbonyl (C=O) groups excluding carboxylic acids is 2. The number of rotatable bonds is 9. The van der Waals surface area contributed by atoms with Gasteiger partial charge in [0.05, 0.1) is 36.9 Å². The Kier molecular flexibility index (Phi) is 10.9. The van der Waals surface area contributed by atoms with Gasteiger partial charge in [-0.15, -0.1) is 0 Å². The number of carboxylic acid groups (broad SMARTS) is 1. The van der Waals surface area contributed by atoms with E-state index in [1.165, 1.54) is 6.42 Å². The first kappa shape index (κ1) is 25.1. The molecule has 3 rings (SSSR count). The molecule has 3 atom stereocenters. The van der Waals surface area contributed by atoms with Gasteiger partial charge in [0.2, 0.25) is 5.91 Å². The maximum atomic E-state index is 12.3. The number of ether oxygens (including phenoxy) is 3.